The van der Waals surface area contributed by atoms with Gasteiger partial charge in [-0.2, -0.15) is 0 Å². The summed E-state index contributed by atoms with van der Waals surface area (Å²) < 4.78 is 71.4. The van der Waals surface area contributed by atoms with Crippen LogP contribution >= 0.6 is 34.8 Å². The number of halogens is 3. The van der Waals surface area contributed by atoms with Crippen molar-refractivity contribution in [2.75, 3.05) is 136 Å². The zero-order valence-electron chi connectivity index (χ0n) is 76.7. The molecule has 0 aliphatic carbocycles. The van der Waals surface area contributed by atoms with Crippen LogP contribution in [-0.2, 0) is 81.2 Å². The summed E-state index contributed by atoms with van der Waals surface area (Å²) in [6.07, 6.45) is -3.78. The number of carboxylic acids is 2. The number of anilines is 3. The molecule has 31 nitrogen and oxygen atoms in total. The van der Waals surface area contributed by atoms with Gasteiger partial charge in [0.25, 0.3) is 17.7 Å². The SMILES string of the molecule is COc1cccc([C@H]2O[C@H](CC(=O)N3CCC(CC(=O)N4CCC(CC(=O)O)CC4)CC3)C(=O)N(CC(C)(C)COC(C)=O)c3ccc(Cl)cc32)c1OC.COc1cccc([C@H]2O[C@H](CC(=O)OCC(C)(C)CN3C(=O)[C@@H](CC(=O)N4CCC(CC(=O)O)CC4)O[C@H](c4cccc(OC)c4OC)c4cc(Cl)ccc43)C(=O)N(CC(C)(C)COC(C)=O)c3ccc(Cl)cc32)c1OC. The summed E-state index contributed by atoms with van der Waals surface area (Å²) in [4.78, 5) is 157. The number of carbonyl (C=O) groups excluding carboxylic acids is 9. The summed E-state index contributed by atoms with van der Waals surface area (Å²) in [5.41, 5.74) is 2.12. The van der Waals surface area contributed by atoms with E-state index in [-0.39, 0.29) is 101 Å². The molecule has 12 rings (SSSR count). The van der Waals surface area contributed by atoms with Crippen LogP contribution in [-0.4, -0.2) is 230 Å². The maximum absolute atomic E-state index is 15.2. The van der Waals surface area contributed by atoms with Gasteiger partial charge in [-0.05, 0) is 129 Å². The van der Waals surface area contributed by atoms with E-state index in [0.29, 0.717) is 184 Å². The number of benzene rings is 6. The van der Waals surface area contributed by atoms with Crippen molar-refractivity contribution in [3.63, 3.8) is 0 Å². The smallest absolute Gasteiger partial charge is 0.308 e. The highest BCUT2D eigenvalue weighted by Gasteiger charge is 2.47. The lowest BCUT2D eigenvalue weighted by Gasteiger charge is -2.36. The molecule has 6 heterocycles. The van der Waals surface area contributed by atoms with Gasteiger partial charge >= 0.3 is 29.8 Å². The van der Waals surface area contributed by atoms with Crippen LogP contribution in [0, 0.1) is 34.0 Å². The highest BCUT2D eigenvalue weighted by atomic mass is 35.5. The van der Waals surface area contributed by atoms with Crippen LogP contribution in [0.5, 0.6) is 34.5 Å². The highest BCUT2D eigenvalue weighted by Crippen LogP contribution is 2.51. The molecular formula is C97H119Cl3N6O25. The topological polar surface area (TPSA) is 358 Å². The van der Waals surface area contributed by atoms with Gasteiger partial charge in [0.1, 0.15) is 36.6 Å². The quantitative estimate of drug-likeness (QED) is 0.0285. The molecule has 708 valence electrons. The Kier molecular flexibility index (Phi) is 34.2. The molecule has 6 aromatic rings. The van der Waals surface area contributed by atoms with Gasteiger partial charge in [0, 0.05) is 174 Å². The first-order valence-electron chi connectivity index (χ1n) is 43.9. The minimum absolute atomic E-state index is 0.00582. The largest absolute Gasteiger partial charge is 0.493 e. The molecule has 0 aromatic heterocycles. The molecule has 0 radical (unpaired) electrons. The third-order valence-corrected chi connectivity index (χ3v) is 25.1. The average Bonchev–Trinajstić information content (AvgIpc) is 1.42. The summed E-state index contributed by atoms with van der Waals surface area (Å²) in [5, 5.41) is 19.6. The lowest BCUT2D eigenvalue weighted by molar-refractivity contribution is -0.154. The predicted octanol–water partition coefficient (Wildman–Crippen LogP) is 14.5. The van der Waals surface area contributed by atoms with Crippen LogP contribution < -0.4 is 43.1 Å². The zero-order chi connectivity index (χ0) is 95.1. The second-order valence-corrected chi connectivity index (χ2v) is 37.7. The molecule has 6 amide bonds. The Bertz CT molecular complexity index is 5160. The third kappa shape index (κ3) is 25.5. The fraction of sp³-hybridized carbons (Fsp3) is 0.515. The highest BCUT2D eigenvalue weighted by molar-refractivity contribution is 6.31. The van der Waals surface area contributed by atoms with Crippen LogP contribution in [0.15, 0.2) is 109 Å². The number of carbonyl (C=O) groups is 11. The molecule has 3 saturated heterocycles. The molecule has 34 heteroatoms. The number of esters is 3. The first-order valence-corrected chi connectivity index (χ1v) is 45.0. The van der Waals surface area contributed by atoms with E-state index in [4.69, 9.17) is 96.8 Å². The number of hydrogen-bond donors (Lipinski definition) is 2. The standard InChI is InChI=1S/C57H67Cl2N3O15.C40H52ClN3O10/c1-33(63)74-31-56(2,3)29-62-42-19-17-36(59)26-40(42)51(38-13-11-15-44(71-7)53(38)73-9)77-46(55(62)69)28-49(67)75-32-57(4,5)30-61-41-18-16-35(58)25-39(41)50(37-12-10-14-43(70-6)52(37)72-8)76-45(54(61)68)27-47(64)60-22-20-34(21-23-60)24-48(65)66;1-25(45)53-24-40(2,3)23-44-31-10-9-28(41)21-30(31)37(29-7-6-8-32(51-4)38(29)52-5)54-33(39(44)50)22-35(47)43-15-11-26(12-16-43)19-34(46)42-17-13-27(14-18-42)20-36(48)49/h10-19,25-26,34,45-46,50-51H,20-24,27-32H2,1-9H3,(H,65,66);6-10,21,26-27,33,37H,11-20,22-24H2,1-5H3,(H,48,49)/t45-,46-,50-,51-;33-,37-/m11/s1. The fourth-order valence-electron chi connectivity index (χ4n) is 17.8. The van der Waals surface area contributed by atoms with E-state index in [1.165, 1.54) is 66.3 Å². The molecule has 0 spiro atoms. The van der Waals surface area contributed by atoms with Crippen molar-refractivity contribution in [3.05, 3.63) is 158 Å². The van der Waals surface area contributed by atoms with Crippen molar-refractivity contribution in [3.8, 4) is 34.5 Å². The van der Waals surface area contributed by atoms with Crippen molar-refractivity contribution in [2.45, 2.75) is 169 Å². The number of piperidine rings is 3. The number of rotatable bonds is 33. The predicted molar refractivity (Wildman–Crippen MR) is 487 cm³/mol. The Morgan fingerprint density at radius 2 is 0.641 bits per heavy atom. The Labute approximate surface area is 778 Å². The van der Waals surface area contributed by atoms with Gasteiger partial charge in [-0.1, -0.05) is 113 Å². The number of fused-ring (bicyclic) bond motifs is 3. The summed E-state index contributed by atoms with van der Waals surface area (Å²) >= 11 is 19.9. The summed E-state index contributed by atoms with van der Waals surface area (Å²) in [5.74, 6) is -2.93. The van der Waals surface area contributed by atoms with Crippen LogP contribution in [0.25, 0.3) is 0 Å². The monoisotopic (exact) mass is 1870 g/mol. The fourth-order valence-corrected chi connectivity index (χ4v) is 18.3. The Morgan fingerprint density at radius 1 is 0.366 bits per heavy atom. The van der Waals surface area contributed by atoms with E-state index < -0.39 is 107 Å². The van der Waals surface area contributed by atoms with Crippen LogP contribution in [0.1, 0.15) is 184 Å². The van der Waals surface area contributed by atoms with Crippen molar-refractivity contribution in [2.24, 2.45) is 34.0 Å². The molecule has 3 fully saturated rings. The first-order chi connectivity index (χ1) is 62.3. The van der Waals surface area contributed by atoms with Crippen molar-refractivity contribution >= 4 is 117 Å². The van der Waals surface area contributed by atoms with E-state index in [1.54, 1.807) is 118 Å². The van der Waals surface area contributed by atoms with Gasteiger partial charge in [0.05, 0.1) is 81.7 Å². The number of para-hydroxylation sites is 3. The maximum Gasteiger partial charge on any atom is 0.308 e. The van der Waals surface area contributed by atoms with Gasteiger partial charge in [-0.25, -0.2) is 0 Å². The number of amides is 6. The van der Waals surface area contributed by atoms with Crippen LogP contribution in [0.2, 0.25) is 15.1 Å². The number of aliphatic carboxylic acids is 2. The Morgan fingerprint density at radius 3 is 0.916 bits per heavy atom. The second kappa shape index (κ2) is 44.5. The van der Waals surface area contributed by atoms with E-state index in [0.717, 1.165) is 0 Å². The van der Waals surface area contributed by atoms with Gasteiger partial charge in [0.15, 0.2) is 34.5 Å². The number of nitrogens with zero attached hydrogens (tertiary/aromatic N) is 6. The van der Waals surface area contributed by atoms with Gasteiger partial charge in [-0.3, -0.25) is 52.7 Å². The number of likely N-dealkylation sites (tertiary alicyclic amines) is 3. The maximum atomic E-state index is 15.2. The molecule has 2 N–H and O–H groups in total. The van der Waals surface area contributed by atoms with Gasteiger partial charge in [0.2, 0.25) is 17.7 Å². The van der Waals surface area contributed by atoms with Crippen molar-refractivity contribution < 1.29 is 120 Å². The van der Waals surface area contributed by atoms with Gasteiger partial charge < -0.3 is 96.5 Å². The molecule has 0 saturated carbocycles. The Balaban J connectivity index is 0.000000269. The molecular weight excluding hydrogens is 1760 g/mol. The first kappa shape index (κ1) is 101. The number of hydrogen-bond acceptors (Lipinski definition) is 23. The van der Waals surface area contributed by atoms with E-state index >= 15 is 9.59 Å². The molecule has 131 heavy (non-hydrogen) atoms. The third-order valence-electron chi connectivity index (χ3n) is 24.4. The minimum atomic E-state index is -1.44. The lowest BCUT2D eigenvalue weighted by atomic mass is 9.90. The minimum Gasteiger partial charge on any atom is -0.493 e. The second-order valence-electron chi connectivity index (χ2n) is 36.3. The Hall–Kier alpha value is -11.0. The molecule has 0 unspecified atom stereocenters. The van der Waals surface area contributed by atoms with E-state index in [9.17, 15) is 48.3 Å². The summed E-state index contributed by atoms with van der Waals surface area (Å²) in [7, 11) is 9.02. The van der Waals surface area contributed by atoms with E-state index in [2.05, 4.69) is 0 Å². The summed E-state index contributed by atoms with van der Waals surface area (Å²) in [6.45, 7) is 16.4. The van der Waals surface area contributed by atoms with Crippen LogP contribution in [0.3, 0.4) is 0 Å². The van der Waals surface area contributed by atoms with Crippen LogP contribution in [0.4, 0.5) is 17.1 Å². The molecule has 0 bridgehead atoms. The average molecular weight is 1880 g/mol. The number of methoxy groups -OCH3 is 6. The van der Waals surface area contributed by atoms with Gasteiger partial charge in [-0.15, -0.1) is 0 Å². The molecule has 6 aliphatic heterocycles. The molecule has 6 atom stereocenters. The summed E-state index contributed by atoms with van der Waals surface area (Å²) in [6, 6.07) is 31.2. The number of ether oxygens (including phenoxy) is 12. The molecule has 6 aliphatic rings. The van der Waals surface area contributed by atoms with Crippen molar-refractivity contribution in [1.29, 1.82) is 0 Å². The van der Waals surface area contributed by atoms with Crippen molar-refractivity contribution in [1.82, 2.24) is 14.7 Å². The number of carboxylic acid groups (broad SMARTS) is 2. The zero-order valence-corrected chi connectivity index (χ0v) is 78.9. The normalized spacial score (nSPS) is 19.4. The molecule has 6 aromatic carbocycles. The van der Waals surface area contributed by atoms with E-state index in [1.807, 2.05) is 52.5 Å². The lowest BCUT2D eigenvalue weighted by Crippen LogP contribution is -2.48.